The van der Waals surface area contributed by atoms with E-state index in [1.54, 1.807) is 0 Å². The maximum atomic E-state index is 12.3. The second kappa shape index (κ2) is 4.99. The van der Waals surface area contributed by atoms with Gasteiger partial charge in [-0.05, 0) is 37.5 Å². The lowest BCUT2D eigenvalue weighted by atomic mass is 9.77. The molecule has 4 atom stereocenters. The number of Topliss-reactive ketones (excluding diaryl/α,β-unsaturated/α-hetero) is 1. The molecule has 0 radical (unpaired) electrons. The quantitative estimate of drug-likeness (QED) is 0.645. The van der Waals surface area contributed by atoms with Crippen molar-refractivity contribution >= 4 is 5.78 Å². The van der Waals surface area contributed by atoms with Crippen LogP contribution in [0.3, 0.4) is 0 Å². The molecule has 0 saturated carbocycles. The first kappa shape index (κ1) is 11.6. The third kappa shape index (κ3) is 2.63. The Hall–Kier alpha value is -0.850. The highest BCUT2D eigenvalue weighted by molar-refractivity contribution is 5.86. The first-order valence-electron chi connectivity index (χ1n) is 6.54. The second-order valence-corrected chi connectivity index (χ2v) is 5.62. The minimum absolute atomic E-state index is 0.184. The molecular formula is C15H22O. The Balaban J connectivity index is 2.01. The fraction of sp³-hybridized carbons (Fsp3) is 0.667. The number of carbonyl (C=O) groups excluding carboxylic acids is 1. The Labute approximate surface area is 98.6 Å². The van der Waals surface area contributed by atoms with Gasteiger partial charge in [-0.15, -0.1) is 0 Å². The van der Waals surface area contributed by atoms with Crippen LogP contribution in [0.15, 0.2) is 24.3 Å². The number of allylic oxidation sites excluding steroid dienone is 4. The maximum absolute atomic E-state index is 12.3. The van der Waals surface area contributed by atoms with Crippen LogP contribution in [0.25, 0.3) is 0 Å². The zero-order chi connectivity index (χ0) is 11.5. The Morgan fingerprint density at radius 1 is 0.938 bits per heavy atom. The molecule has 2 aliphatic rings. The average Bonchev–Trinajstić information content (AvgIpc) is 2.28. The van der Waals surface area contributed by atoms with Crippen molar-refractivity contribution in [3.05, 3.63) is 24.3 Å². The van der Waals surface area contributed by atoms with E-state index in [0.717, 1.165) is 25.7 Å². The average molecular weight is 218 g/mol. The van der Waals surface area contributed by atoms with E-state index in [0.29, 0.717) is 17.6 Å². The predicted octanol–water partition coefficient (Wildman–Crippen LogP) is 3.76. The first-order chi connectivity index (χ1) is 7.66. The number of carbonyl (C=O) groups is 1. The van der Waals surface area contributed by atoms with Crippen LogP contribution in [-0.2, 0) is 4.79 Å². The molecule has 0 aliphatic heterocycles. The summed E-state index contributed by atoms with van der Waals surface area (Å²) in [4.78, 5) is 12.3. The lowest BCUT2D eigenvalue weighted by Crippen LogP contribution is -2.27. The van der Waals surface area contributed by atoms with E-state index in [2.05, 4.69) is 38.2 Å². The van der Waals surface area contributed by atoms with Gasteiger partial charge >= 0.3 is 0 Å². The van der Waals surface area contributed by atoms with Gasteiger partial charge in [-0.1, -0.05) is 38.2 Å². The van der Waals surface area contributed by atoms with Crippen molar-refractivity contribution in [2.24, 2.45) is 23.7 Å². The molecule has 0 N–H and O–H groups in total. The van der Waals surface area contributed by atoms with Crippen molar-refractivity contribution in [3.8, 4) is 0 Å². The summed E-state index contributed by atoms with van der Waals surface area (Å²) in [5.41, 5.74) is 0. The van der Waals surface area contributed by atoms with Gasteiger partial charge in [-0.3, -0.25) is 4.79 Å². The Bertz CT molecular complexity index is 283. The van der Waals surface area contributed by atoms with Gasteiger partial charge in [0.15, 0.2) is 0 Å². The van der Waals surface area contributed by atoms with Crippen LogP contribution in [0.5, 0.6) is 0 Å². The van der Waals surface area contributed by atoms with Gasteiger partial charge in [-0.25, -0.2) is 0 Å². The van der Waals surface area contributed by atoms with E-state index in [9.17, 15) is 4.79 Å². The Kier molecular flexibility index (Phi) is 3.63. The summed E-state index contributed by atoms with van der Waals surface area (Å²) in [5.74, 6) is 2.16. The largest absolute Gasteiger partial charge is 0.298 e. The van der Waals surface area contributed by atoms with Crippen LogP contribution in [-0.4, -0.2) is 5.78 Å². The van der Waals surface area contributed by atoms with Crippen LogP contribution in [0, 0.1) is 23.7 Å². The van der Waals surface area contributed by atoms with Gasteiger partial charge < -0.3 is 0 Å². The van der Waals surface area contributed by atoms with Crippen LogP contribution in [0.4, 0.5) is 0 Å². The predicted molar refractivity (Wildman–Crippen MR) is 67.1 cm³/mol. The fourth-order valence-corrected chi connectivity index (χ4v) is 2.86. The molecule has 1 nitrogen and oxygen atoms in total. The molecule has 0 bridgehead atoms. The lowest BCUT2D eigenvalue weighted by molar-refractivity contribution is -0.125. The lowest BCUT2D eigenvalue weighted by Gasteiger charge is -2.26. The minimum Gasteiger partial charge on any atom is -0.298 e. The van der Waals surface area contributed by atoms with Gasteiger partial charge in [-0.2, -0.15) is 0 Å². The van der Waals surface area contributed by atoms with Crippen molar-refractivity contribution < 1.29 is 4.79 Å². The number of hydrogen-bond acceptors (Lipinski definition) is 1. The van der Waals surface area contributed by atoms with Crippen molar-refractivity contribution in [2.45, 2.75) is 39.5 Å². The molecule has 0 aromatic rings. The topological polar surface area (TPSA) is 17.1 Å². The third-order valence-corrected chi connectivity index (χ3v) is 3.86. The van der Waals surface area contributed by atoms with Gasteiger partial charge in [0.25, 0.3) is 0 Å². The summed E-state index contributed by atoms with van der Waals surface area (Å²) >= 11 is 0. The highest BCUT2D eigenvalue weighted by Gasteiger charge is 2.28. The van der Waals surface area contributed by atoms with Gasteiger partial charge in [0.1, 0.15) is 5.78 Å². The molecule has 16 heavy (non-hydrogen) atoms. The first-order valence-corrected chi connectivity index (χ1v) is 6.54. The zero-order valence-corrected chi connectivity index (χ0v) is 10.4. The molecule has 0 spiro atoms. The maximum Gasteiger partial charge on any atom is 0.146 e. The fourth-order valence-electron chi connectivity index (χ4n) is 2.86. The number of hydrogen-bond donors (Lipinski definition) is 0. The van der Waals surface area contributed by atoms with Gasteiger partial charge in [0.2, 0.25) is 0 Å². The van der Waals surface area contributed by atoms with Crippen molar-refractivity contribution in [3.63, 3.8) is 0 Å². The van der Waals surface area contributed by atoms with E-state index in [1.807, 2.05) is 0 Å². The Morgan fingerprint density at radius 2 is 1.38 bits per heavy atom. The van der Waals surface area contributed by atoms with E-state index >= 15 is 0 Å². The van der Waals surface area contributed by atoms with Gasteiger partial charge in [0, 0.05) is 11.8 Å². The molecule has 88 valence electrons. The van der Waals surface area contributed by atoms with E-state index < -0.39 is 0 Å². The summed E-state index contributed by atoms with van der Waals surface area (Å²) in [6.07, 6.45) is 13.0. The molecular weight excluding hydrogens is 196 g/mol. The summed E-state index contributed by atoms with van der Waals surface area (Å²) < 4.78 is 0. The summed E-state index contributed by atoms with van der Waals surface area (Å²) in [6.45, 7) is 4.48. The standard InChI is InChI=1S/C15H22O/c1-11-5-3-7-13(9-11)15(16)14-8-4-6-12(2)10-14/h3-4,7-8,11-14H,5-6,9-10H2,1-2H3. The number of rotatable bonds is 2. The van der Waals surface area contributed by atoms with Crippen molar-refractivity contribution in [1.82, 2.24) is 0 Å². The van der Waals surface area contributed by atoms with Gasteiger partial charge in [0.05, 0.1) is 0 Å². The SMILES string of the molecule is CC1CC=CC(C(=O)C2C=CCC(C)C2)C1. The normalized spacial score (nSPS) is 38.6. The van der Waals surface area contributed by atoms with Crippen LogP contribution < -0.4 is 0 Å². The minimum atomic E-state index is 0.184. The summed E-state index contributed by atoms with van der Waals surface area (Å²) in [7, 11) is 0. The van der Waals surface area contributed by atoms with Crippen LogP contribution in [0.2, 0.25) is 0 Å². The molecule has 0 heterocycles. The molecule has 2 aliphatic carbocycles. The molecule has 0 amide bonds. The molecule has 0 aromatic carbocycles. The Morgan fingerprint density at radius 3 is 1.75 bits per heavy atom. The molecule has 0 saturated heterocycles. The summed E-state index contributed by atoms with van der Waals surface area (Å²) in [5, 5.41) is 0. The monoisotopic (exact) mass is 218 g/mol. The van der Waals surface area contributed by atoms with Crippen molar-refractivity contribution in [1.29, 1.82) is 0 Å². The molecule has 4 unspecified atom stereocenters. The molecule has 2 rings (SSSR count). The van der Waals surface area contributed by atoms with Crippen LogP contribution in [0.1, 0.15) is 39.5 Å². The highest BCUT2D eigenvalue weighted by Crippen LogP contribution is 2.30. The zero-order valence-electron chi connectivity index (χ0n) is 10.4. The van der Waals surface area contributed by atoms with E-state index in [-0.39, 0.29) is 11.8 Å². The molecule has 1 heteroatoms. The van der Waals surface area contributed by atoms with E-state index in [1.165, 1.54) is 0 Å². The number of ketones is 1. The van der Waals surface area contributed by atoms with Crippen LogP contribution >= 0.6 is 0 Å². The summed E-state index contributed by atoms with van der Waals surface area (Å²) in [6, 6.07) is 0. The second-order valence-electron chi connectivity index (χ2n) is 5.62. The highest BCUT2D eigenvalue weighted by atomic mass is 16.1. The van der Waals surface area contributed by atoms with Crippen molar-refractivity contribution in [2.75, 3.05) is 0 Å². The van der Waals surface area contributed by atoms with E-state index in [4.69, 9.17) is 0 Å². The smallest absolute Gasteiger partial charge is 0.146 e. The molecule has 0 fully saturated rings. The third-order valence-electron chi connectivity index (χ3n) is 3.86. The molecule has 0 aromatic heterocycles.